The fourth-order valence-corrected chi connectivity index (χ4v) is 2.15. The number of ether oxygens (including phenoxy) is 1. The summed E-state index contributed by atoms with van der Waals surface area (Å²) in [7, 11) is 1.88. The summed E-state index contributed by atoms with van der Waals surface area (Å²) < 4.78 is 31.3. The van der Waals surface area contributed by atoms with Gasteiger partial charge in [-0.1, -0.05) is 12.1 Å². The first kappa shape index (κ1) is 18.7. The Labute approximate surface area is 145 Å². The highest BCUT2D eigenvalue weighted by Gasteiger charge is 2.05. The molecule has 0 amide bonds. The van der Waals surface area contributed by atoms with Crippen LogP contribution in [0.25, 0.3) is 0 Å². The van der Waals surface area contributed by atoms with Crippen molar-refractivity contribution in [1.29, 1.82) is 0 Å². The second kappa shape index (κ2) is 9.61. The summed E-state index contributed by atoms with van der Waals surface area (Å²) >= 11 is 0. The molecule has 1 aromatic heterocycles. The molecule has 1 heterocycles. The summed E-state index contributed by atoms with van der Waals surface area (Å²) in [6.07, 6.45) is -0.746. The van der Waals surface area contributed by atoms with Gasteiger partial charge in [0.2, 0.25) is 0 Å². The van der Waals surface area contributed by atoms with Crippen LogP contribution in [0.15, 0.2) is 41.5 Å². The summed E-state index contributed by atoms with van der Waals surface area (Å²) in [5.41, 5.74) is 1.91. The molecule has 1 aromatic carbocycles. The molecular formula is C17H23F2N5O. The molecule has 0 saturated heterocycles. The van der Waals surface area contributed by atoms with Gasteiger partial charge < -0.3 is 15.4 Å². The number of nitrogens with zero attached hydrogens (tertiary/aromatic N) is 3. The molecule has 0 aliphatic heterocycles. The predicted molar refractivity (Wildman–Crippen MR) is 92.8 cm³/mol. The minimum atomic E-state index is -2.49. The first-order valence-electron chi connectivity index (χ1n) is 8.07. The van der Waals surface area contributed by atoms with Crippen LogP contribution in [-0.4, -0.2) is 35.3 Å². The number of rotatable bonds is 8. The Morgan fingerprint density at radius 1 is 1.32 bits per heavy atom. The highest BCUT2D eigenvalue weighted by Crippen LogP contribution is 2.15. The van der Waals surface area contributed by atoms with Crippen LogP contribution >= 0.6 is 0 Å². The Morgan fingerprint density at radius 3 is 2.84 bits per heavy atom. The van der Waals surface area contributed by atoms with Crippen LogP contribution in [0.1, 0.15) is 18.2 Å². The van der Waals surface area contributed by atoms with E-state index >= 15 is 0 Å². The molecule has 0 atom stereocenters. The molecule has 25 heavy (non-hydrogen) atoms. The Kier molecular flexibility index (Phi) is 7.18. The van der Waals surface area contributed by atoms with Crippen LogP contribution < -0.4 is 15.4 Å². The predicted octanol–water partition coefficient (Wildman–Crippen LogP) is 2.32. The molecule has 0 saturated carbocycles. The Bertz CT molecular complexity index is 687. The van der Waals surface area contributed by atoms with E-state index in [0.717, 1.165) is 17.8 Å². The fraction of sp³-hybridized carbons (Fsp3) is 0.412. The largest absolute Gasteiger partial charge is 0.488 e. The van der Waals surface area contributed by atoms with Crippen LogP contribution in [0, 0.1) is 0 Å². The van der Waals surface area contributed by atoms with Gasteiger partial charge >= 0.3 is 0 Å². The van der Waals surface area contributed by atoms with Crippen LogP contribution in [0.5, 0.6) is 5.75 Å². The number of hydrogen-bond acceptors (Lipinski definition) is 3. The second-order valence-electron chi connectivity index (χ2n) is 5.34. The van der Waals surface area contributed by atoms with E-state index in [1.165, 1.54) is 0 Å². The lowest BCUT2D eigenvalue weighted by atomic mass is 10.2. The number of nitrogens with one attached hydrogen (secondary N) is 2. The van der Waals surface area contributed by atoms with Crippen molar-refractivity contribution in [2.24, 2.45) is 12.0 Å². The van der Waals surface area contributed by atoms with Crippen molar-refractivity contribution < 1.29 is 13.5 Å². The van der Waals surface area contributed by atoms with Crippen LogP contribution in [0.2, 0.25) is 0 Å². The topological polar surface area (TPSA) is 63.5 Å². The van der Waals surface area contributed by atoms with Gasteiger partial charge in [0.25, 0.3) is 6.43 Å². The number of halogens is 2. The number of guanidine groups is 1. The molecule has 0 aliphatic rings. The third-order valence-electron chi connectivity index (χ3n) is 3.40. The molecule has 8 heteroatoms. The van der Waals surface area contributed by atoms with Crippen LogP contribution in [0.4, 0.5) is 8.78 Å². The van der Waals surface area contributed by atoms with Gasteiger partial charge in [-0.05, 0) is 30.7 Å². The highest BCUT2D eigenvalue weighted by atomic mass is 19.3. The third-order valence-corrected chi connectivity index (χ3v) is 3.40. The molecule has 2 rings (SSSR count). The lowest BCUT2D eigenvalue weighted by Crippen LogP contribution is -2.37. The number of hydrogen-bond donors (Lipinski definition) is 2. The molecule has 2 aromatic rings. The average molecular weight is 351 g/mol. The summed E-state index contributed by atoms with van der Waals surface area (Å²) in [6, 6.07) is 8.95. The van der Waals surface area contributed by atoms with Crippen molar-refractivity contribution in [1.82, 2.24) is 20.4 Å². The molecular weight excluding hydrogens is 328 g/mol. The van der Waals surface area contributed by atoms with Gasteiger partial charge in [-0.15, -0.1) is 0 Å². The van der Waals surface area contributed by atoms with Crippen molar-refractivity contribution in [3.05, 3.63) is 47.8 Å². The molecule has 0 unspecified atom stereocenters. The quantitative estimate of drug-likeness (QED) is 0.566. The number of aromatic nitrogens is 2. The van der Waals surface area contributed by atoms with Crippen LogP contribution in [0.3, 0.4) is 0 Å². The van der Waals surface area contributed by atoms with Gasteiger partial charge in [0.1, 0.15) is 12.4 Å². The van der Waals surface area contributed by atoms with E-state index < -0.39 is 13.0 Å². The lowest BCUT2D eigenvalue weighted by molar-refractivity contribution is 0.0818. The van der Waals surface area contributed by atoms with Crippen molar-refractivity contribution in [2.75, 3.05) is 13.2 Å². The molecule has 0 bridgehead atoms. The molecule has 0 spiro atoms. The lowest BCUT2D eigenvalue weighted by Gasteiger charge is -2.12. The highest BCUT2D eigenvalue weighted by molar-refractivity contribution is 5.79. The zero-order chi connectivity index (χ0) is 18.1. The molecule has 0 aliphatic carbocycles. The van der Waals surface area contributed by atoms with Crippen molar-refractivity contribution in [3.63, 3.8) is 0 Å². The zero-order valence-electron chi connectivity index (χ0n) is 14.4. The van der Waals surface area contributed by atoms with E-state index in [1.807, 2.05) is 26.1 Å². The first-order chi connectivity index (χ1) is 12.1. The first-order valence-corrected chi connectivity index (χ1v) is 8.07. The monoisotopic (exact) mass is 351 g/mol. The number of aryl methyl sites for hydroxylation is 1. The van der Waals surface area contributed by atoms with Gasteiger partial charge in [0, 0.05) is 19.8 Å². The minimum Gasteiger partial charge on any atom is -0.488 e. The van der Waals surface area contributed by atoms with Gasteiger partial charge in [0.05, 0.1) is 18.8 Å². The maximum absolute atomic E-state index is 12.2. The molecule has 136 valence electrons. The normalized spacial score (nSPS) is 11.6. The van der Waals surface area contributed by atoms with Crippen LogP contribution in [-0.2, 0) is 20.1 Å². The summed E-state index contributed by atoms with van der Waals surface area (Å²) in [5, 5.41) is 10.5. The Hall–Kier alpha value is -2.64. The Balaban J connectivity index is 1.95. The van der Waals surface area contributed by atoms with Gasteiger partial charge in [0.15, 0.2) is 5.96 Å². The number of benzene rings is 1. The minimum absolute atomic E-state index is 0.409. The zero-order valence-corrected chi connectivity index (χ0v) is 14.4. The number of alkyl halides is 2. The third kappa shape index (κ3) is 6.40. The van der Waals surface area contributed by atoms with Crippen molar-refractivity contribution >= 4 is 5.96 Å². The standard InChI is InChI=1S/C17H23F2N5O/c1-3-20-17(22-11-14-7-8-23-24(14)2)21-10-13-5-4-6-15(9-13)25-12-16(18)19/h4-9,16H,3,10-12H2,1-2H3,(H2,20,21,22). The summed E-state index contributed by atoms with van der Waals surface area (Å²) in [5.74, 6) is 1.09. The molecule has 6 nitrogen and oxygen atoms in total. The smallest absolute Gasteiger partial charge is 0.272 e. The summed E-state index contributed by atoms with van der Waals surface area (Å²) in [6.45, 7) is 3.11. The maximum Gasteiger partial charge on any atom is 0.272 e. The summed E-state index contributed by atoms with van der Waals surface area (Å²) in [4.78, 5) is 4.51. The maximum atomic E-state index is 12.2. The van der Waals surface area contributed by atoms with Gasteiger partial charge in [-0.2, -0.15) is 5.10 Å². The molecule has 0 radical (unpaired) electrons. The van der Waals surface area contributed by atoms with E-state index in [2.05, 4.69) is 20.7 Å². The van der Waals surface area contributed by atoms with Crippen molar-refractivity contribution in [3.8, 4) is 5.75 Å². The average Bonchev–Trinajstić information content (AvgIpc) is 3.01. The fourth-order valence-electron chi connectivity index (χ4n) is 2.15. The van der Waals surface area contributed by atoms with Crippen molar-refractivity contribution in [2.45, 2.75) is 26.4 Å². The SMILES string of the molecule is CCNC(=NCc1cccc(OCC(F)F)c1)NCc1ccnn1C. The van der Waals surface area contributed by atoms with E-state index in [4.69, 9.17) is 4.74 Å². The molecule has 2 N–H and O–H groups in total. The second-order valence-corrected chi connectivity index (χ2v) is 5.34. The number of aliphatic imine (C=N–C) groups is 1. The van der Waals surface area contributed by atoms with E-state index in [1.54, 1.807) is 29.1 Å². The van der Waals surface area contributed by atoms with E-state index in [9.17, 15) is 8.78 Å². The van der Waals surface area contributed by atoms with E-state index in [0.29, 0.717) is 24.8 Å². The van der Waals surface area contributed by atoms with Gasteiger partial charge in [-0.3, -0.25) is 4.68 Å². The van der Waals surface area contributed by atoms with E-state index in [-0.39, 0.29) is 0 Å². The Morgan fingerprint density at radius 2 is 2.16 bits per heavy atom. The molecule has 0 fully saturated rings. The van der Waals surface area contributed by atoms with Gasteiger partial charge in [-0.25, -0.2) is 13.8 Å².